The Hall–Kier alpha value is -0.880. The average molecular weight is 738 g/mol. The van der Waals surface area contributed by atoms with Crippen LogP contribution in [-0.2, 0) is 37.9 Å². The summed E-state index contributed by atoms with van der Waals surface area (Å²) in [6.45, 7) is -2.75. The maximum Gasteiger partial charge on any atom is 0.187 e. The predicted molar refractivity (Wildman–Crippen MR) is 156 cm³/mol. The lowest BCUT2D eigenvalue weighted by Crippen LogP contribution is -2.67. The Balaban J connectivity index is 1.40. The first-order valence-corrected chi connectivity index (χ1v) is 16.3. The van der Waals surface area contributed by atoms with Gasteiger partial charge in [-0.2, -0.15) is 0 Å². The molecule has 4 aliphatic rings. The molecule has 0 saturated carbocycles. The fourth-order valence-electron chi connectivity index (χ4n) is 6.11. The molecule has 4 rings (SSSR count). The lowest BCUT2D eigenvalue weighted by atomic mass is 9.95. The summed E-state index contributed by atoms with van der Waals surface area (Å²) >= 11 is 0. The van der Waals surface area contributed by atoms with Gasteiger partial charge in [-0.1, -0.05) is 0 Å². The molecule has 8 unspecified atom stereocenters. The summed E-state index contributed by atoms with van der Waals surface area (Å²) in [5.74, 6) is 0. The van der Waals surface area contributed by atoms with E-state index in [-0.39, 0.29) is 6.61 Å². The minimum absolute atomic E-state index is 0.132. The molecule has 20 atom stereocenters. The lowest BCUT2D eigenvalue weighted by Gasteiger charge is -2.49. The minimum atomic E-state index is -2.02. The van der Waals surface area contributed by atoms with Crippen LogP contribution in [0.3, 0.4) is 0 Å². The fraction of sp³-hybridized carbons (Fsp3) is 1.00. The van der Waals surface area contributed by atoms with Gasteiger partial charge in [0.25, 0.3) is 0 Å². The summed E-state index contributed by atoms with van der Waals surface area (Å²) < 4.78 is 44.2. The van der Waals surface area contributed by atoms with Gasteiger partial charge in [0.05, 0.1) is 26.4 Å². The molecule has 0 aromatic carbocycles. The van der Waals surface area contributed by atoms with Crippen LogP contribution in [0.1, 0.15) is 12.8 Å². The first kappa shape index (κ1) is 41.9. The zero-order valence-electron chi connectivity index (χ0n) is 26.9. The number of aliphatic hydroxyl groups is 13. The number of aliphatic hydroxyl groups excluding tert-OH is 13. The van der Waals surface area contributed by atoms with E-state index in [1.807, 2.05) is 0 Å². The molecule has 0 aromatic heterocycles. The standard InChI is InChI=1S/C28H51NO21/c29-3-1-2-4-43-25-19(40)15(36)22(10(6-31)45-25)49-27-21(42)17(38)24(12(8-33)47-27)50-28-20(41)16(37)23(11(7-32)46-28)48-26-18(39)14(35)13(34)9(5-30)44-26/h9-28,30-42H,1-8,29H2/t9?,10?,11?,12?,13-,14-,15+,16+,17+,18?,19?,20?,21?,22+,23+,24+,25-,26+,27-,28-/m0/s1. The van der Waals surface area contributed by atoms with Crippen molar-refractivity contribution in [1.29, 1.82) is 0 Å². The van der Waals surface area contributed by atoms with E-state index in [4.69, 9.17) is 43.6 Å². The van der Waals surface area contributed by atoms with Crippen LogP contribution in [0.4, 0.5) is 0 Å². The Morgan fingerprint density at radius 2 is 0.740 bits per heavy atom. The Morgan fingerprint density at radius 3 is 1.12 bits per heavy atom. The molecule has 4 fully saturated rings. The second kappa shape index (κ2) is 18.9. The summed E-state index contributed by atoms with van der Waals surface area (Å²) in [4.78, 5) is 0. The average Bonchev–Trinajstić information content (AvgIpc) is 3.11. The number of hydrogen-bond acceptors (Lipinski definition) is 22. The largest absolute Gasteiger partial charge is 0.394 e. The first-order chi connectivity index (χ1) is 23.8. The molecule has 4 aliphatic heterocycles. The predicted octanol–water partition coefficient (Wildman–Crippen LogP) is -8.99. The minimum Gasteiger partial charge on any atom is -0.394 e. The van der Waals surface area contributed by atoms with Crippen LogP contribution in [0.25, 0.3) is 0 Å². The third-order valence-corrected chi connectivity index (χ3v) is 9.06. The van der Waals surface area contributed by atoms with Crippen molar-refractivity contribution in [2.75, 3.05) is 39.6 Å². The van der Waals surface area contributed by atoms with Gasteiger partial charge in [-0.05, 0) is 19.4 Å². The molecule has 22 heteroatoms. The van der Waals surface area contributed by atoms with Gasteiger partial charge in [-0.3, -0.25) is 0 Å². The zero-order chi connectivity index (χ0) is 36.9. The third kappa shape index (κ3) is 9.07. The molecule has 22 nitrogen and oxygen atoms in total. The van der Waals surface area contributed by atoms with Gasteiger partial charge in [0, 0.05) is 6.61 Å². The highest BCUT2D eigenvalue weighted by Crippen LogP contribution is 2.34. The Morgan fingerprint density at radius 1 is 0.400 bits per heavy atom. The van der Waals surface area contributed by atoms with Crippen LogP contribution in [0.5, 0.6) is 0 Å². The molecule has 0 amide bonds. The van der Waals surface area contributed by atoms with Crippen LogP contribution >= 0.6 is 0 Å². The fourth-order valence-corrected chi connectivity index (χ4v) is 6.11. The van der Waals surface area contributed by atoms with Crippen LogP contribution in [0, 0.1) is 0 Å². The molecule has 4 saturated heterocycles. The second-order valence-corrected chi connectivity index (χ2v) is 12.5. The summed E-state index contributed by atoms with van der Waals surface area (Å²) in [7, 11) is 0. The highest BCUT2D eigenvalue weighted by Gasteiger charge is 2.55. The molecule has 4 heterocycles. The highest BCUT2D eigenvalue weighted by atomic mass is 16.8. The second-order valence-electron chi connectivity index (χ2n) is 12.5. The molecule has 0 aromatic rings. The SMILES string of the molecule is NCCCCO[C@H]1OC(CO)[C@@H](O[C@@H]2OC(CO)[C@@H](O[C@@H]3OC(CO)[C@@H](O[C@H]4OC(CO)[C@H](O)[C@H](O)C4O)[C@H](O)C3O)[C@H](O)C2O)[C@H](O)C1O. The molecule has 15 N–H and O–H groups in total. The summed E-state index contributed by atoms with van der Waals surface area (Å²) in [6.07, 6.45) is -33.0. The Bertz CT molecular complexity index is 997. The van der Waals surface area contributed by atoms with E-state index >= 15 is 0 Å². The normalized spacial score (nSPS) is 48.8. The van der Waals surface area contributed by atoms with Crippen LogP contribution < -0.4 is 5.73 Å². The summed E-state index contributed by atoms with van der Waals surface area (Å²) in [5.41, 5.74) is 5.45. The smallest absolute Gasteiger partial charge is 0.187 e. The van der Waals surface area contributed by atoms with Crippen molar-refractivity contribution in [2.24, 2.45) is 5.73 Å². The number of unbranched alkanes of at least 4 members (excludes halogenated alkanes) is 1. The topological polar surface area (TPSA) is 363 Å². The molecule has 0 aliphatic carbocycles. The first-order valence-electron chi connectivity index (χ1n) is 16.3. The van der Waals surface area contributed by atoms with Crippen molar-refractivity contribution in [3.8, 4) is 0 Å². The van der Waals surface area contributed by atoms with Gasteiger partial charge in [0.15, 0.2) is 25.2 Å². The Kier molecular flexibility index (Phi) is 15.9. The van der Waals surface area contributed by atoms with E-state index in [9.17, 15) is 66.4 Å². The number of rotatable bonds is 15. The van der Waals surface area contributed by atoms with E-state index in [1.165, 1.54) is 0 Å². The van der Waals surface area contributed by atoms with Gasteiger partial charge in [-0.15, -0.1) is 0 Å². The zero-order valence-corrected chi connectivity index (χ0v) is 26.9. The third-order valence-electron chi connectivity index (χ3n) is 9.06. The van der Waals surface area contributed by atoms with E-state index < -0.39 is 149 Å². The maximum atomic E-state index is 11.0. The number of nitrogens with two attached hydrogens (primary N) is 1. The van der Waals surface area contributed by atoms with Gasteiger partial charge in [-0.25, -0.2) is 0 Å². The van der Waals surface area contributed by atoms with E-state index in [0.29, 0.717) is 19.4 Å². The lowest BCUT2D eigenvalue weighted by molar-refractivity contribution is -0.388. The van der Waals surface area contributed by atoms with Crippen LogP contribution in [0.2, 0.25) is 0 Å². The molecule has 50 heavy (non-hydrogen) atoms. The molecular weight excluding hydrogens is 686 g/mol. The van der Waals surface area contributed by atoms with E-state index in [0.717, 1.165) is 0 Å². The van der Waals surface area contributed by atoms with Crippen molar-refractivity contribution in [2.45, 2.75) is 136 Å². The van der Waals surface area contributed by atoms with Crippen molar-refractivity contribution in [1.82, 2.24) is 0 Å². The maximum absolute atomic E-state index is 11.0. The van der Waals surface area contributed by atoms with Gasteiger partial charge >= 0.3 is 0 Å². The van der Waals surface area contributed by atoms with Gasteiger partial charge in [0.2, 0.25) is 0 Å². The molecule has 0 spiro atoms. The molecule has 0 radical (unpaired) electrons. The van der Waals surface area contributed by atoms with Gasteiger partial charge in [0.1, 0.15) is 97.7 Å². The van der Waals surface area contributed by atoms with Crippen molar-refractivity contribution in [3.05, 3.63) is 0 Å². The molecule has 294 valence electrons. The van der Waals surface area contributed by atoms with Crippen LogP contribution in [0.15, 0.2) is 0 Å². The summed E-state index contributed by atoms with van der Waals surface area (Å²) in [6, 6.07) is 0. The van der Waals surface area contributed by atoms with Crippen LogP contribution in [-0.4, -0.2) is 229 Å². The van der Waals surface area contributed by atoms with E-state index in [2.05, 4.69) is 0 Å². The van der Waals surface area contributed by atoms with Crippen molar-refractivity contribution < 1.29 is 104 Å². The summed E-state index contributed by atoms with van der Waals surface area (Å²) in [5, 5.41) is 135. The number of hydrogen-bond donors (Lipinski definition) is 14. The highest BCUT2D eigenvalue weighted by molar-refractivity contribution is 4.97. The quantitative estimate of drug-likeness (QED) is 0.0694. The van der Waals surface area contributed by atoms with Crippen molar-refractivity contribution >= 4 is 0 Å². The van der Waals surface area contributed by atoms with Crippen molar-refractivity contribution in [3.63, 3.8) is 0 Å². The van der Waals surface area contributed by atoms with E-state index in [1.54, 1.807) is 0 Å². The number of ether oxygens (including phenoxy) is 8. The van der Waals surface area contributed by atoms with Gasteiger partial charge < -0.3 is 110 Å². The monoisotopic (exact) mass is 737 g/mol. The Labute approximate surface area is 285 Å². The molecule has 0 bridgehead atoms. The molecular formula is C28H51NO21.